The highest BCUT2D eigenvalue weighted by Crippen LogP contribution is 2.20. The standard InChI is InChI=1S/C6H5BrClN3O2/c7-4-5(8)10-3(1-13-2-12)6(9)11-4/h2H,1H2,(H2,9,11). The van der Waals surface area contributed by atoms with E-state index in [1.807, 2.05) is 0 Å². The first-order valence-electron chi connectivity index (χ1n) is 3.17. The van der Waals surface area contributed by atoms with Crippen LogP contribution < -0.4 is 5.73 Å². The molecule has 0 aliphatic rings. The van der Waals surface area contributed by atoms with Crippen LogP contribution in [-0.4, -0.2) is 16.4 Å². The van der Waals surface area contributed by atoms with Crippen molar-refractivity contribution < 1.29 is 9.53 Å². The zero-order valence-corrected chi connectivity index (χ0v) is 8.67. The van der Waals surface area contributed by atoms with E-state index in [1.165, 1.54) is 0 Å². The maximum atomic E-state index is 9.89. The van der Waals surface area contributed by atoms with Gasteiger partial charge < -0.3 is 10.5 Å². The Hall–Kier alpha value is -0.880. The highest BCUT2D eigenvalue weighted by atomic mass is 79.9. The Morgan fingerprint density at radius 3 is 2.92 bits per heavy atom. The van der Waals surface area contributed by atoms with Gasteiger partial charge in [0.15, 0.2) is 5.15 Å². The van der Waals surface area contributed by atoms with Crippen LogP contribution in [0.2, 0.25) is 5.15 Å². The van der Waals surface area contributed by atoms with Crippen LogP contribution in [0.25, 0.3) is 0 Å². The van der Waals surface area contributed by atoms with E-state index in [9.17, 15) is 4.79 Å². The number of nitrogens with two attached hydrogens (primary N) is 1. The summed E-state index contributed by atoms with van der Waals surface area (Å²) >= 11 is 8.70. The van der Waals surface area contributed by atoms with Crippen molar-refractivity contribution in [2.24, 2.45) is 0 Å². The lowest BCUT2D eigenvalue weighted by molar-refractivity contribution is -0.129. The highest BCUT2D eigenvalue weighted by Gasteiger charge is 2.08. The van der Waals surface area contributed by atoms with E-state index in [-0.39, 0.29) is 17.6 Å². The summed E-state index contributed by atoms with van der Waals surface area (Å²) < 4.78 is 4.82. The van der Waals surface area contributed by atoms with Gasteiger partial charge in [-0.3, -0.25) is 4.79 Å². The molecule has 0 fully saturated rings. The van der Waals surface area contributed by atoms with Crippen LogP contribution in [0.5, 0.6) is 0 Å². The molecule has 0 aliphatic carbocycles. The first kappa shape index (κ1) is 10.2. The van der Waals surface area contributed by atoms with E-state index >= 15 is 0 Å². The second-order valence-corrected chi connectivity index (χ2v) is 3.15. The van der Waals surface area contributed by atoms with Crippen molar-refractivity contribution in [3.8, 4) is 0 Å². The smallest absolute Gasteiger partial charge is 0.293 e. The maximum absolute atomic E-state index is 9.89. The molecule has 0 aliphatic heterocycles. The Morgan fingerprint density at radius 2 is 2.31 bits per heavy atom. The Labute approximate surface area is 87.4 Å². The molecule has 13 heavy (non-hydrogen) atoms. The van der Waals surface area contributed by atoms with Crippen molar-refractivity contribution in [2.45, 2.75) is 6.61 Å². The Kier molecular flexibility index (Phi) is 3.44. The fourth-order valence-corrected chi connectivity index (χ4v) is 1.08. The van der Waals surface area contributed by atoms with Crippen molar-refractivity contribution in [3.05, 3.63) is 15.5 Å². The number of hydrogen-bond donors (Lipinski definition) is 1. The average molecular weight is 266 g/mol. The zero-order chi connectivity index (χ0) is 9.84. The number of aromatic nitrogens is 2. The normalized spacial score (nSPS) is 9.69. The second kappa shape index (κ2) is 4.38. The fourth-order valence-electron chi connectivity index (χ4n) is 0.657. The molecule has 7 heteroatoms. The SMILES string of the molecule is Nc1nc(Br)c(Cl)nc1COC=O. The van der Waals surface area contributed by atoms with Gasteiger partial charge in [-0.05, 0) is 15.9 Å². The third-order valence-corrected chi connectivity index (χ3v) is 2.25. The first-order chi connectivity index (χ1) is 6.15. The molecule has 0 unspecified atom stereocenters. The monoisotopic (exact) mass is 265 g/mol. The zero-order valence-electron chi connectivity index (χ0n) is 6.33. The lowest BCUT2D eigenvalue weighted by Gasteiger charge is -2.03. The number of carbonyl (C=O) groups excluding carboxylic acids is 1. The molecule has 1 rings (SSSR count). The van der Waals surface area contributed by atoms with Gasteiger partial charge in [-0.2, -0.15) is 0 Å². The second-order valence-electron chi connectivity index (χ2n) is 2.04. The van der Waals surface area contributed by atoms with E-state index in [0.717, 1.165) is 0 Å². The summed E-state index contributed by atoms with van der Waals surface area (Å²) in [6.07, 6.45) is 0. The molecule has 70 valence electrons. The van der Waals surface area contributed by atoms with Gasteiger partial charge in [0, 0.05) is 0 Å². The van der Waals surface area contributed by atoms with Gasteiger partial charge in [0.2, 0.25) is 0 Å². The van der Waals surface area contributed by atoms with Crippen LogP contribution in [0.1, 0.15) is 5.69 Å². The molecule has 2 N–H and O–H groups in total. The van der Waals surface area contributed by atoms with E-state index in [1.54, 1.807) is 0 Å². The number of nitrogen functional groups attached to an aromatic ring is 1. The minimum absolute atomic E-state index is 0.0324. The topological polar surface area (TPSA) is 78.1 Å². The Morgan fingerprint density at radius 1 is 1.62 bits per heavy atom. The number of carbonyl (C=O) groups is 1. The van der Waals surface area contributed by atoms with Crippen LogP contribution in [-0.2, 0) is 16.1 Å². The quantitative estimate of drug-likeness (QED) is 0.830. The predicted molar refractivity (Wildman–Crippen MR) is 50.0 cm³/mol. The number of hydrogen-bond acceptors (Lipinski definition) is 5. The molecule has 0 saturated heterocycles. The minimum Gasteiger partial charge on any atom is -0.461 e. The number of rotatable bonds is 3. The van der Waals surface area contributed by atoms with E-state index in [4.69, 9.17) is 17.3 Å². The van der Waals surface area contributed by atoms with Crippen LogP contribution >= 0.6 is 27.5 Å². The summed E-state index contributed by atoms with van der Waals surface area (Å²) in [5.41, 5.74) is 5.81. The minimum atomic E-state index is -0.0324. The van der Waals surface area contributed by atoms with Crippen molar-refractivity contribution in [2.75, 3.05) is 5.73 Å². The van der Waals surface area contributed by atoms with Gasteiger partial charge in [-0.15, -0.1) is 0 Å². The summed E-state index contributed by atoms with van der Waals surface area (Å²) in [4.78, 5) is 17.6. The molecule has 0 amide bonds. The molecule has 0 atom stereocenters. The Balaban J connectivity index is 2.94. The summed E-state index contributed by atoms with van der Waals surface area (Å²) in [6.45, 7) is 0.270. The highest BCUT2D eigenvalue weighted by molar-refractivity contribution is 9.10. The number of ether oxygens (including phenoxy) is 1. The third kappa shape index (κ3) is 2.53. The van der Waals surface area contributed by atoms with E-state index in [2.05, 4.69) is 30.6 Å². The molecular formula is C6H5BrClN3O2. The van der Waals surface area contributed by atoms with Gasteiger partial charge in [-0.1, -0.05) is 11.6 Å². The molecular weight excluding hydrogens is 261 g/mol. The molecule has 1 aromatic rings. The number of nitrogens with zero attached hydrogens (tertiary/aromatic N) is 2. The molecule has 0 radical (unpaired) electrons. The van der Waals surface area contributed by atoms with Gasteiger partial charge in [-0.25, -0.2) is 9.97 Å². The first-order valence-corrected chi connectivity index (χ1v) is 4.35. The molecule has 0 saturated carbocycles. The maximum Gasteiger partial charge on any atom is 0.293 e. The van der Waals surface area contributed by atoms with Crippen LogP contribution in [0.15, 0.2) is 4.60 Å². The largest absolute Gasteiger partial charge is 0.461 e. The average Bonchev–Trinajstić information content (AvgIpc) is 2.09. The van der Waals surface area contributed by atoms with E-state index < -0.39 is 0 Å². The molecule has 1 heterocycles. The van der Waals surface area contributed by atoms with Gasteiger partial charge >= 0.3 is 0 Å². The van der Waals surface area contributed by atoms with Crippen molar-refractivity contribution in [1.82, 2.24) is 9.97 Å². The van der Waals surface area contributed by atoms with Gasteiger partial charge in [0.05, 0.1) is 0 Å². The van der Waals surface area contributed by atoms with Crippen LogP contribution in [0.4, 0.5) is 5.82 Å². The molecule has 1 aromatic heterocycles. The third-order valence-electron chi connectivity index (χ3n) is 1.21. The van der Waals surface area contributed by atoms with Crippen LogP contribution in [0.3, 0.4) is 0 Å². The summed E-state index contributed by atoms with van der Waals surface area (Å²) in [5, 5.41) is 0.179. The van der Waals surface area contributed by atoms with Crippen molar-refractivity contribution >= 4 is 39.8 Å². The molecule has 0 aromatic carbocycles. The number of halogens is 2. The summed E-state index contributed by atoms with van der Waals surface area (Å²) in [6, 6.07) is 0. The van der Waals surface area contributed by atoms with Crippen LogP contribution in [0, 0.1) is 0 Å². The summed E-state index contributed by atoms with van der Waals surface area (Å²) in [7, 11) is 0. The fraction of sp³-hybridized carbons (Fsp3) is 0.167. The Bertz CT molecular complexity index is 334. The van der Waals surface area contributed by atoms with Gasteiger partial charge in [0.25, 0.3) is 6.47 Å². The van der Waals surface area contributed by atoms with Gasteiger partial charge in [0.1, 0.15) is 22.7 Å². The number of anilines is 1. The van der Waals surface area contributed by atoms with E-state index in [0.29, 0.717) is 16.8 Å². The molecule has 5 nitrogen and oxygen atoms in total. The van der Waals surface area contributed by atoms with Crippen molar-refractivity contribution in [1.29, 1.82) is 0 Å². The molecule has 0 bridgehead atoms. The molecule has 0 spiro atoms. The lowest BCUT2D eigenvalue weighted by atomic mass is 10.4. The predicted octanol–water partition coefficient (Wildman–Crippen LogP) is 1.15. The van der Waals surface area contributed by atoms with Crippen molar-refractivity contribution in [3.63, 3.8) is 0 Å². The lowest BCUT2D eigenvalue weighted by Crippen LogP contribution is -2.03. The summed E-state index contributed by atoms with van der Waals surface area (Å²) in [5.74, 6) is 0.179.